The lowest BCUT2D eigenvalue weighted by Crippen LogP contribution is -2.44. The number of nitrogens with zero attached hydrogens (tertiary/aromatic N) is 4. The Morgan fingerprint density at radius 1 is 1.28 bits per heavy atom. The van der Waals surface area contributed by atoms with Crippen molar-refractivity contribution in [2.75, 3.05) is 32.2 Å². The molecule has 0 bridgehead atoms. The predicted octanol–water partition coefficient (Wildman–Crippen LogP) is 1.83. The van der Waals surface area contributed by atoms with Crippen molar-refractivity contribution in [2.45, 2.75) is 38.9 Å². The molecule has 1 atom stereocenters. The number of Topliss-reactive ketones (excluding diaryl/α,β-unsaturated/α-hetero) is 1. The largest absolute Gasteiger partial charge is 0.497 e. The van der Waals surface area contributed by atoms with E-state index in [9.17, 15) is 14.4 Å². The van der Waals surface area contributed by atoms with Gasteiger partial charge in [-0.25, -0.2) is 9.78 Å². The smallest absolute Gasteiger partial charge is 0.343 e. The van der Waals surface area contributed by atoms with Gasteiger partial charge in [0, 0.05) is 24.7 Å². The van der Waals surface area contributed by atoms with Crippen LogP contribution >= 0.6 is 0 Å². The highest BCUT2D eigenvalue weighted by Gasteiger charge is 2.32. The number of methoxy groups -OCH3 is 2. The van der Waals surface area contributed by atoms with Crippen molar-refractivity contribution in [1.29, 1.82) is 0 Å². The molecular weight excluding hydrogens is 462 g/mol. The molecule has 3 aromatic rings. The summed E-state index contributed by atoms with van der Waals surface area (Å²) in [7, 11) is 2.81. The third-order valence-corrected chi connectivity index (χ3v) is 6.27. The number of piperidine rings is 1. The van der Waals surface area contributed by atoms with Crippen molar-refractivity contribution >= 4 is 28.6 Å². The topological polar surface area (TPSA) is 122 Å². The first-order chi connectivity index (χ1) is 17.4. The highest BCUT2D eigenvalue weighted by Crippen LogP contribution is 2.32. The molecule has 2 aromatic heterocycles. The van der Waals surface area contributed by atoms with Crippen molar-refractivity contribution in [1.82, 2.24) is 14.1 Å². The number of nitrogens with two attached hydrogens (primary N) is 1. The minimum Gasteiger partial charge on any atom is -0.497 e. The lowest BCUT2D eigenvalue weighted by atomic mass is 10.1. The Bertz CT molecular complexity index is 1430. The zero-order chi connectivity index (χ0) is 25.8. The van der Waals surface area contributed by atoms with Gasteiger partial charge in [0.15, 0.2) is 5.78 Å². The summed E-state index contributed by atoms with van der Waals surface area (Å²) in [6, 6.07) is 6.65. The van der Waals surface area contributed by atoms with Gasteiger partial charge in [0.05, 0.1) is 33.6 Å². The molecule has 1 unspecified atom stereocenters. The highest BCUT2D eigenvalue weighted by molar-refractivity contribution is 6.08. The molecule has 2 N–H and O–H groups in total. The Hall–Kier alpha value is -4.10. The second-order valence-electron chi connectivity index (χ2n) is 8.58. The quantitative estimate of drug-likeness (QED) is 0.302. The van der Waals surface area contributed by atoms with Crippen molar-refractivity contribution in [3.63, 3.8) is 0 Å². The summed E-state index contributed by atoms with van der Waals surface area (Å²) in [6.45, 7) is 2.82. The minimum atomic E-state index is -0.602. The van der Waals surface area contributed by atoms with Crippen LogP contribution in [0.15, 0.2) is 35.4 Å². The van der Waals surface area contributed by atoms with Gasteiger partial charge in [-0.15, -0.1) is 5.92 Å². The normalized spacial score (nSPS) is 15.3. The summed E-state index contributed by atoms with van der Waals surface area (Å²) < 4.78 is 13.2. The number of aromatic nitrogens is 3. The Labute approximate surface area is 208 Å². The first-order valence-corrected chi connectivity index (χ1v) is 11.7. The van der Waals surface area contributed by atoms with Crippen LogP contribution in [-0.4, -0.2) is 59.2 Å². The third kappa shape index (κ3) is 4.70. The lowest BCUT2D eigenvalue weighted by molar-refractivity contribution is 0.0603. The van der Waals surface area contributed by atoms with Crippen LogP contribution in [0.1, 0.15) is 40.5 Å². The molecule has 36 heavy (non-hydrogen) atoms. The molecule has 0 amide bonds. The van der Waals surface area contributed by atoms with Crippen LogP contribution < -0.4 is 20.9 Å². The van der Waals surface area contributed by atoms with Crippen LogP contribution in [0.3, 0.4) is 0 Å². The second-order valence-corrected chi connectivity index (χ2v) is 8.58. The fourth-order valence-electron chi connectivity index (χ4n) is 4.54. The zero-order valence-corrected chi connectivity index (χ0v) is 20.6. The van der Waals surface area contributed by atoms with E-state index >= 15 is 0 Å². The van der Waals surface area contributed by atoms with Gasteiger partial charge in [-0.3, -0.25) is 14.2 Å². The molecule has 1 aliphatic rings. The second kappa shape index (κ2) is 10.7. The Kier molecular flexibility index (Phi) is 7.41. The van der Waals surface area contributed by atoms with Crippen molar-refractivity contribution in [3.05, 3.63) is 52.1 Å². The average Bonchev–Trinajstić information content (AvgIpc) is 3.23. The fraction of sp³-hybridized carbons (Fsp3) is 0.385. The van der Waals surface area contributed by atoms with Gasteiger partial charge in [0.2, 0.25) is 0 Å². The third-order valence-electron chi connectivity index (χ3n) is 6.27. The van der Waals surface area contributed by atoms with Crippen molar-refractivity contribution in [2.24, 2.45) is 5.73 Å². The number of anilines is 1. The SMILES string of the molecule is CC#CCn1c(N2CCCC(N)C2)c(C(=O)OC)c2ncn(CC(=O)c3cccc(OC)c3)c(=O)c21. The number of hydrogen-bond acceptors (Lipinski definition) is 8. The van der Waals surface area contributed by atoms with E-state index in [4.69, 9.17) is 15.2 Å². The summed E-state index contributed by atoms with van der Waals surface area (Å²) >= 11 is 0. The maximum absolute atomic E-state index is 13.7. The number of carbonyl (C=O) groups is 2. The Morgan fingerprint density at radius 3 is 2.78 bits per heavy atom. The standard InChI is InChI=1S/C26H29N5O5/c1-4-5-12-31-23-22(21(26(34)36-3)24(31)29-11-7-9-18(27)14-29)28-16-30(25(23)33)15-20(32)17-8-6-10-19(13-17)35-2/h6,8,10,13,16,18H,7,9,11-12,14-15,27H2,1-3H3. The maximum atomic E-state index is 13.7. The molecule has 10 heteroatoms. The molecule has 1 fully saturated rings. The molecule has 0 spiro atoms. The van der Waals surface area contributed by atoms with Crippen molar-refractivity contribution in [3.8, 4) is 17.6 Å². The summed E-state index contributed by atoms with van der Waals surface area (Å²) in [5, 5.41) is 0. The van der Waals surface area contributed by atoms with E-state index in [1.54, 1.807) is 35.8 Å². The maximum Gasteiger partial charge on any atom is 0.343 e. The monoisotopic (exact) mass is 491 g/mol. The first kappa shape index (κ1) is 25.0. The first-order valence-electron chi connectivity index (χ1n) is 11.7. The summed E-state index contributed by atoms with van der Waals surface area (Å²) in [6.07, 6.45) is 3.00. The number of hydrogen-bond donors (Lipinski definition) is 1. The molecular formula is C26H29N5O5. The molecule has 0 saturated carbocycles. The molecule has 3 heterocycles. The van der Waals surface area contributed by atoms with Crippen molar-refractivity contribution < 1.29 is 19.1 Å². The van der Waals surface area contributed by atoms with Gasteiger partial charge < -0.3 is 24.7 Å². The van der Waals surface area contributed by atoms with Gasteiger partial charge in [0.25, 0.3) is 5.56 Å². The minimum absolute atomic E-state index is 0.0712. The van der Waals surface area contributed by atoms with E-state index < -0.39 is 11.5 Å². The van der Waals surface area contributed by atoms with Crippen LogP contribution in [0.5, 0.6) is 5.75 Å². The number of benzene rings is 1. The average molecular weight is 492 g/mol. The number of ketones is 1. The number of rotatable bonds is 7. The van der Waals surface area contributed by atoms with Crippen LogP contribution in [0.4, 0.5) is 5.82 Å². The highest BCUT2D eigenvalue weighted by atomic mass is 16.5. The van der Waals surface area contributed by atoms with Crippen LogP contribution in [0.25, 0.3) is 11.0 Å². The van der Waals surface area contributed by atoms with E-state index in [1.165, 1.54) is 25.1 Å². The van der Waals surface area contributed by atoms with Crippen LogP contribution in [0, 0.1) is 11.8 Å². The van der Waals surface area contributed by atoms with E-state index in [2.05, 4.69) is 16.8 Å². The lowest BCUT2D eigenvalue weighted by Gasteiger charge is -2.33. The molecule has 10 nitrogen and oxygen atoms in total. The zero-order valence-electron chi connectivity index (χ0n) is 20.6. The van der Waals surface area contributed by atoms with Gasteiger partial charge >= 0.3 is 5.97 Å². The van der Waals surface area contributed by atoms with E-state index in [1.807, 2.05) is 4.90 Å². The predicted molar refractivity (Wildman–Crippen MR) is 136 cm³/mol. The fourth-order valence-corrected chi connectivity index (χ4v) is 4.54. The molecule has 1 saturated heterocycles. The molecule has 0 radical (unpaired) electrons. The number of esters is 1. The summed E-state index contributed by atoms with van der Waals surface area (Å²) in [5.41, 5.74) is 6.78. The molecule has 4 rings (SSSR count). The van der Waals surface area contributed by atoms with Crippen LogP contribution in [0.2, 0.25) is 0 Å². The molecule has 0 aliphatic carbocycles. The van der Waals surface area contributed by atoms with Gasteiger partial charge in [-0.1, -0.05) is 18.1 Å². The van der Waals surface area contributed by atoms with Gasteiger partial charge in [0.1, 0.15) is 28.2 Å². The molecule has 1 aromatic carbocycles. The summed E-state index contributed by atoms with van der Waals surface area (Å²) in [5.74, 6) is 6.01. The molecule has 1 aliphatic heterocycles. The summed E-state index contributed by atoms with van der Waals surface area (Å²) in [4.78, 5) is 46.1. The van der Waals surface area contributed by atoms with Gasteiger partial charge in [-0.2, -0.15) is 0 Å². The van der Waals surface area contributed by atoms with E-state index in [0.717, 1.165) is 12.8 Å². The number of fused-ring (bicyclic) bond motifs is 1. The van der Waals surface area contributed by atoms with Crippen LogP contribution in [-0.2, 0) is 17.8 Å². The Balaban J connectivity index is 1.88. The number of carbonyl (C=O) groups excluding carboxylic acids is 2. The van der Waals surface area contributed by atoms with E-state index in [-0.39, 0.29) is 41.5 Å². The Morgan fingerprint density at radius 2 is 2.08 bits per heavy atom. The van der Waals surface area contributed by atoms with E-state index in [0.29, 0.717) is 30.2 Å². The van der Waals surface area contributed by atoms with Gasteiger partial charge in [-0.05, 0) is 31.9 Å². The molecule has 188 valence electrons. The number of ether oxygens (including phenoxy) is 2.